The number of thioether (sulfide) groups is 1. The first-order valence-corrected chi connectivity index (χ1v) is 14.9. The molecule has 0 atom stereocenters. The fourth-order valence-corrected chi connectivity index (χ4v) is 6.67. The molecule has 2 amide bonds. The second-order valence-electron chi connectivity index (χ2n) is 9.78. The molecule has 2 aromatic rings. The van der Waals surface area contributed by atoms with Gasteiger partial charge in [0.1, 0.15) is 10.7 Å². The summed E-state index contributed by atoms with van der Waals surface area (Å²) in [6, 6.07) is 0. The summed E-state index contributed by atoms with van der Waals surface area (Å²) in [5, 5.41) is 8.26. The first kappa shape index (κ1) is 29.0. The molecule has 0 radical (unpaired) electrons. The Balaban J connectivity index is 1.50. The van der Waals surface area contributed by atoms with E-state index >= 15 is 0 Å². The molecule has 0 spiro atoms. The molecule has 1 aliphatic carbocycles. The third-order valence-electron chi connectivity index (χ3n) is 6.29. The standard InChI is InChI=1S/C27H35N5O5S2/c1-16(2)37-26(35)23-19-9-6-7-10-21(19)39-24(23)29-22(33)15-38-27-28-20(13-18-14-31(4)30-17(18)3)25(34)32(27)11-8-12-36-5/h13-14,16H,6-12,15H2,1-5H3,(H,29,33)/b20-13+. The van der Waals surface area contributed by atoms with Gasteiger partial charge in [0.2, 0.25) is 5.91 Å². The Morgan fingerprint density at radius 1 is 1.28 bits per heavy atom. The molecule has 210 valence electrons. The zero-order chi connectivity index (χ0) is 28.1. The summed E-state index contributed by atoms with van der Waals surface area (Å²) in [5.74, 6) is -0.859. The summed E-state index contributed by atoms with van der Waals surface area (Å²) < 4.78 is 12.3. The number of carbonyl (C=O) groups is 3. The fourth-order valence-electron chi connectivity index (χ4n) is 4.55. The summed E-state index contributed by atoms with van der Waals surface area (Å²) in [6.07, 6.45) is 7.72. The Morgan fingerprint density at radius 2 is 2.05 bits per heavy atom. The lowest BCUT2D eigenvalue weighted by Crippen LogP contribution is -2.32. The molecule has 2 aromatic heterocycles. The first-order valence-electron chi connectivity index (χ1n) is 13.1. The summed E-state index contributed by atoms with van der Waals surface area (Å²) >= 11 is 2.65. The van der Waals surface area contributed by atoms with Crippen molar-refractivity contribution in [2.75, 3.05) is 31.3 Å². The number of aryl methyl sites for hydroxylation is 3. The maximum atomic E-state index is 13.2. The molecule has 4 rings (SSSR count). The smallest absolute Gasteiger partial charge is 0.341 e. The SMILES string of the molecule is COCCCN1C(=O)/C(=C\c2cn(C)nc2C)N=C1SCC(=O)Nc1sc2c(c1C(=O)OC(C)C)CCCC2. The van der Waals surface area contributed by atoms with Gasteiger partial charge < -0.3 is 14.8 Å². The van der Waals surface area contributed by atoms with Crippen LogP contribution in [0.2, 0.25) is 0 Å². The van der Waals surface area contributed by atoms with Gasteiger partial charge in [-0.2, -0.15) is 5.10 Å². The predicted octanol–water partition coefficient (Wildman–Crippen LogP) is 4.18. The number of thiophene rings is 1. The van der Waals surface area contributed by atoms with Crippen LogP contribution in [0.15, 0.2) is 16.9 Å². The highest BCUT2D eigenvalue weighted by atomic mass is 32.2. The first-order chi connectivity index (χ1) is 18.7. The van der Waals surface area contributed by atoms with E-state index in [1.165, 1.54) is 23.1 Å². The molecule has 2 aliphatic rings. The van der Waals surface area contributed by atoms with Gasteiger partial charge in [-0.25, -0.2) is 9.79 Å². The van der Waals surface area contributed by atoms with Crippen molar-refractivity contribution in [1.82, 2.24) is 14.7 Å². The summed E-state index contributed by atoms with van der Waals surface area (Å²) in [6.45, 7) is 6.42. The van der Waals surface area contributed by atoms with Gasteiger partial charge in [-0.05, 0) is 64.5 Å². The van der Waals surface area contributed by atoms with Crippen LogP contribution in [0.3, 0.4) is 0 Å². The summed E-state index contributed by atoms with van der Waals surface area (Å²) in [4.78, 5) is 46.5. The number of fused-ring (bicyclic) bond motifs is 1. The predicted molar refractivity (Wildman–Crippen MR) is 154 cm³/mol. The number of aromatic nitrogens is 2. The van der Waals surface area contributed by atoms with Gasteiger partial charge in [-0.1, -0.05) is 11.8 Å². The van der Waals surface area contributed by atoms with Crippen LogP contribution < -0.4 is 5.32 Å². The molecule has 10 nitrogen and oxygen atoms in total. The lowest BCUT2D eigenvalue weighted by molar-refractivity contribution is -0.122. The monoisotopic (exact) mass is 573 g/mol. The second-order valence-corrected chi connectivity index (χ2v) is 11.8. The number of ether oxygens (including phenoxy) is 2. The van der Waals surface area contributed by atoms with E-state index in [-0.39, 0.29) is 23.7 Å². The molecule has 0 unspecified atom stereocenters. The number of anilines is 1. The van der Waals surface area contributed by atoms with Crippen LogP contribution in [0.25, 0.3) is 6.08 Å². The van der Waals surface area contributed by atoms with Crippen molar-refractivity contribution in [2.45, 2.75) is 59.0 Å². The van der Waals surface area contributed by atoms with Gasteiger partial charge in [-0.3, -0.25) is 19.2 Å². The molecule has 1 aliphatic heterocycles. The number of esters is 1. The highest BCUT2D eigenvalue weighted by Crippen LogP contribution is 2.39. The van der Waals surface area contributed by atoms with Crippen molar-refractivity contribution in [1.29, 1.82) is 0 Å². The van der Waals surface area contributed by atoms with Gasteiger partial charge in [0.25, 0.3) is 5.91 Å². The zero-order valence-corrected chi connectivity index (χ0v) is 24.7. The highest BCUT2D eigenvalue weighted by molar-refractivity contribution is 8.14. The van der Waals surface area contributed by atoms with Crippen molar-refractivity contribution in [2.24, 2.45) is 12.0 Å². The van der Waals surface area contributed by atoms with E-state index in [9.17, 15) is 14.4 Å². The molecule has 0 saturated carbocycles. The zero-order valence-electron chi connectivity index (χ0n) is 23.0. The maximum Gasteiger partial charge on any atom is 0.341 e. The molecule has 39 heavy (non-hydrogen) atoms. The minimum Gasteiger partial charge on any atom is -0.459 e. The number of nitrogens with one attached hydrogen (secondary N) is 1. The number of rotatable bonds is 10. The number of carbonyl (C=O) groups excluding carboxylic acids is 3. The molecular formula is C27H35N5O5S2. The van der Waals surface area contributed by atoms with Crippen molar-refractivity contribution in [3.8, 4) is 0 Å². The number of methoxy groups -OCH3 is 1. The Hall–Kier alpha value is -2.96. The third kappa shape index (κ3) is 6.98. The van der Waals surface area contributed by atoms with Crippen molar-refractivity contribution in [3.63, 3.8) is 0 Å². The van der Waals surface area contributed by atoms with E-state index in [4.69, 9.17) is 9.47 Å². The van der Waals surface area contributed by atoms with E-state index in [1.54, 1.807) is 22.8 Å². The van der Waals surface area contributed by atoms with E-state index < -0.39 is 5.97 Å². The highest BCUT2D eigenvalue weighted by Gasteiger charge is 2.32. The van der Waals surface area contributed by atoms with Gasteiger partial charge >= 0.3 is 5.97 Å². The van der Waals surface area contributed by atoms with Crippen LogP contribution >= 0.6 is 23.1 Å². The van der Waals surface area contributed by atoms with E-state index in [1.807, 2.05) is 34.0 Å². The topological polar surface area (TPSA) is 115 Å². The van der Waals surface area contributed by atoms with Crippen LogP contribution in [-0.4, -0.2) is 69.7 Å². The van der Waals surface area contributed by atoms with Crippen LogP contribution in [-0.2, 0) is 39.0 Å². The van der Waals surface area contributed by atoms with Crippen LogP contribution in [0.5, 0.6) is 0 Å². The average Bonchev–Trinajstić information content (AvgIpc) is 3.50. The van der Waals surface area contributed by atoms with Crippen molar-refractivity contribution in [3.05, 3.63) is 39.2 Å². The fraction of sp³-hybridized carbons (Fsp3) is 0.519. The number of hydrogen-bond donors (Lipinski definition) is 1. The van der Waals surface area contributed by atoms with Crippen molar-refractivity contribution < 1.29 is 23.9 Å². The van der Waals surface area contributed by atoms with Crippen LogP contribution in [0.4, 0.5) is 5.00 Å². The van der Waals surface area contributed by atoms with Crippen molar-refractivity contribution >= 4 is 57.1 Å². The number of nitrogens with zero attached hydrogens (tertiary/aromatic N) is 4. The molecule has 12 heteroatoms. The molecule has 3 heterocycles. The molecule has 0 fully saturated rings. The van der Waals surface area contributed by atoms with Gasteiger partial charge in [0.05, 0.1) is 23.1 Å². The number of aliphatic imine (C=N–C) groups is 1. The van der Waals surface area contributed by atoms with E-state index in [0.717, 1.165) is 47.4 Å². The Kier molecular flexibility index (Phi) is 9.62. The minimum atomic E-state index is -0.400. The van der Waals surface area contributed by atoms with Gasteiger partial charge in [0, 0.05) is 43.9 Å². The van der Waals surface area contributed by atoms with Crippen LogP contribution in [0.1, 0.15) is 65.2 Å². The average molecular weight is 574 g/mol. The summed E-state index contributed by atoms with van der Waals surface area (Å²) in [5.41, 5.74) is 3.39. The van der Waals surface area contributed by atoms with Gasteiger partial charge in [0.15, 0.2) is 5.17 Å². The number of amides is 2. The molecule has 0 bridgehead atoms. The lowest BCUT2D eigenvalue weighted by Gasteiger charge is -2.17. The Labute approximate surface area is 236 Å². The quantitative estimate of drug-likeness (QED) is 0.258. The molecule has 0 saturated heterocycles. The van der Waals surface area contributed by atoms with Gasteiger partial charge in [-0.15, -0.1) is 11.3 Å². The van der Waals surface area contributed by atoms with E-state index in [2.05, 4.69) is 15.4 Å². The number of amidine groups is 1. The largest absolute Gasteiger partial charge is 0.459 e. The summed E-state index contributed by atoms with van der Waals surface area (Å²) in [7, 11) is 3.44. The third-order valence-corrected chi connectivity index (χ3v) is 8.47. The Bertz CT molecular complexity index is 1310. The number of hydrogen-bond acceptors (Lipinski definition) is 9. The molecule has 0 aromatic carbocycles. The van der Waals surface area contributed by atoms with E-state index in [0.29, 0.717) is 41.0 Å². The molecule has 1 N–H and O–H groups in total. The Morgan fingerprint density at radius 3 is 2.74 bits per heavy atom. The molecular weight excluding hydrogens is 538 g/mol. The second kappa shape index (κ2) is 12.9. The lowest BCUT2D eigenvalue weighted by atomic mass is 9.95. The minimum absolute atomic E-state index is 0.0350. The van der Waals surface area contributed by atoms with Crippen LogP contribution in [0, 0.1) is 6.92 Å². The maximum absolute atomic E-state index is 13.2. The normalized spacial score (nSPS) is 16.2.